The summed E-state index contributed by atoms with van der Waals surface area (Å²) in [6.45, 7) is 6.48. The van der Waals surface area contributed by atoms with Crippen LogP contribution in [0.4, 0.5) is 5.82 Å². The Balaban J connectivity index is 0.00000392. The Morgan fingerprint density at radius 1 is 1.25 bits per heavy atom. The molecule has 0 aliphatic rings. The lowest BCUT2D eigenvalue weighted by atomic mass is 10.0. The average molecular weight is 501 g/mol. The first kappa shape index (κ1) is 24.2. The summed E-state index contributed by atoms with van der Waals surface area (Å²) in [6.07, 6.45) is 7.29. The predicted octanol–water partition coefficient (Wildman–Crippen LogP) is 2.09. The molecule has 0 spiro atoms. The van der Waals surface area contributed by atoms with Crippen LogP contribution in [0.2, 0.25) is 0 Å². The molecule has 28 heavy (non-hydrogen) atoms. The number of anilines is 1. The van der Waals surface area contributed by atoms with E-state index < -0.39 is 5.60 Å². The number of aryl methyl sites for hydroxylation is 1. The molecule has 0 radical (unpaired) electrons. The van der Waals surface area contributed by atoms with Gasteiger partial charge in [-0.05, 0) is 38.8 Å². The van der Waals surface area contributed by atoms with Crippen molar-refractivity contribution in [3.05, 3.63) is 42.4 Å². The second-order valence-electron chi connectivity index (χ2n) is 6.65. The zero-order valence-corrected chi connectivity index (χ0v) is 19.2. The fourth-order valence-corrected chi connectivity index (χ4v) is 2.51. The van der Waals surface area contributed by atoms with E-state index in [1.54, 1.807) is 24.0 Å². The van der Waals surface area contributed by atoms with Gasteiger partial charge in [-0.1, -0.05) is 6.07 Å². The molecule has 2 aromatic heterocycles. The Kier molecular flexibility index (Phi) is 10.8. The summed E-state index contributed by atoms with van der Waals surface area (Å²) in [7, 11) is 1.83. The van der Waals surface area contributed by atoms with Crippen LogP contribution in [0.1, 0.15) is 32.3 Å². The van der Waals surface area contributed by atoms with Crippen LogP contribution in [0.5, 0.6) is 0 Å². The third-order valence-electron chi connectivity index (χ3n) is 4.08. The van der Waals surface area contributed by atoms with Gasteiger partial charge < -0.3 is 21.1 Å². The number of hydrogen-bond donors (Lipinski definition) is 4. The molecule has 0 fully saturated rings. The molecule has 0 aliphatic heterocycles. The molecular weight excluding hydrogens is 469 g/mol. The van der Waals surface area contributed by atoms with Crippen molar-refractivity contribution in [2.75, 3.05) is 31.5 Å². The summed E-state index contributed by atoms with van der Waals surface area (Å²) >= 11 is 0. The Labute approximate surface area is 184 Å². The molecule has 156 valence electrons. The summed E-state index contributed by atoms with van der Waals surface area (Å²) < 4.78 is 1.68. The number of unbranched alkanes of at least 4 members (excludes halogenated alkanes) is 1. The highest BCUT2D eigenvalue weighted by atomic mass is 127. The molecule has 0 saturated carbocycles. The highest BCUT2D eigenvalue weighted by Gasteiger charge is 2.24. The first-order valence-electron chi connectivity index (χ1n) is 9.40. The molecule has 4 N–H and O–H groups in total. The van der Waals surface area contributed by atoms with E-state index in [2.05, 4.69) is 31.0 Å². The largest absolute Gasteiger partial charge is 0.383 e. The van der Waals surface area contributed by atoms with Crippen LogP contribution in [0, 0.1) is 0 Å². The highest BCUT2D eigenvalue weighted by molar-refractivity contribution is 14.0. The van der Waals surface area contributed by atoms with Crippen molar-refractivity contribution in [3.8, 4) is 0 Å². The van der Waals surface area contributed by atoms with E-state index in [1.807, 2.05) is 38.4 Å². The van der Waals surface area contributed by atoms with E-state index in [9.17, 15) is 5.11 Å². The molecule has 1 atom stereocenters. The van der Waals surface area contributed by atoms with Gasteiger partial charge in [0.1, 0.15) is 11.4 Å². The maximum atomic E-state index is 10.6. The summed E-state index contributed by atoms with van der Waals surface area (Å²) in [5.41, 5.74) is -0.298. The smallest absolute Gasteiger partial charge is 0.191 e. The number of aliphatic imine (C=N–C) groups is 1. The lowest BCUT2D eigenvalue weighted by molar-refractivity contribution is 0.0672. The van der Waals surface area contributed by atoms with Crippen molar-refractivity contribution in [3.63, 3.8) is 0 Å². The molecule has 1 unspecified atom stereocenters. The quantitative estimate of drug-likeness (QED) is 0.172. The van der Waals surface area contributed by atoms with Crippen molar-refractivity contribution in [2.24, 2.45) is 12.0 Å². The van der Waals surface area contributed by atoms with Crippen LogP contribution in [0.15, 0.2) is 41.8 Å². The zero-order valence-electron chi connectivity index (χ0n) is 16.9. The van der Waals surface area contributed by atoms with Crippen LogP contribution in [0.25, 0.3) is 0 Å². The summed E-state index contributed by atoms with van der Waals surface area (Å²) in [6, 6.07) is 5.83. The standard InChI is InChI=1S/C19H31N7O.HI/c1-4-20-18(24-15-19(2,27)16-13-25-26(3)14-16)23-12-8-7-11-22-17-9-5-6-10-21-17;/h5-6,9-10,13-14,27H,4,7-8,11-12,15H2,1-3H3,(H,21,22)(H2,20,23,24);1H. The van der Waals surface area contributed by atoms with Crippen molar-refractivity contribution in [2.45, 2.75) is 32.3 Å². The Bertz CT molecular complexity index is 703. The molecule has 9 heteroatoms. The number of halogens is 1. The number of nitrogens with one attached hydrogen (secondary N) is 3. The topological polar surface area (TPSA) is 99.4 Å². The lowest BCUT2D eigenvalue weighted by Gasteiger charge is -2.20. The zero-order chi connectivity index (χ0) is 19.5. The molecule has 0 amide bonds. The Morgan fingerprint density at radius 3 is 2.68 bits per heavy atom. The third-order valence-corrected chi connectivity index (χ3v) is 4.08. The number of pyridine rings is 1. The summed E-state index contributed by atoms with van der Waals surface area (Å²) in [4.78, 5) is 8.76. The molecule has 2 rings (SSSR count). The first-order chi connectivity index (χ1) is 13.0. The molecule has 2 heterocycles. The van der Waals surface area contributed by atoms with E-state index in [1.165, 1.54) is 0 Å². The molecule has 0 aliphatic carbocycles. The van der Waals surface area contributed by atoms with Crippen LogP contribution in [0.3, 0.4) is 0 Å². The van der Waals surface area contributed by atoms with E-state index in [4.69, 9.17) is 0 Å². The van der Waals surface area contributed by atoms with Gasteiger partial charge in [0.15, 0.2) is 5.96 Å². The summed E-state index contributed by atoms with van der Waals surface area (Å²) in [5, 5.41) is 24.6. The van der Waals surface area contributed by atoms with E-state index in [0.717, 1.165) is 43.9 Å². The SMILES string of the molecule is CCNC(=NCC(C)(O)c1cnn(C)c1)NCCCCNc1ccccn1.I. The minimum atomic E-state index is -1.05. The molecule has 8 nitrogen and oxygen atoms in total. The van der Waals surface area contributed by atoms with Gasteiger partial charge in [-0.25, -0.2) is 9.98 Å². The monoisotopic (exact) mass is 501 g/mol. The van der Waals surface area contributed by atoms with Gasteiger partial charge in [0, 0.05) is 44.6 Å². The second-order valence-corrected chi connectivity index (χ2v) is 6.65. The second kappa shape index (κ2) is 12.6. The third kappa shape index (κ3) is 8.42. The molecule has 0 bridgehead atoms. The number of guanidine groups is 1. The lowest BCUT2D eigenvalue weighted by Crippen LogP contribution is -2.39. The fraction of sp³-hybridized carbons (Fsp3) is 0.526. The van der Waals surface area contributed by atoms with Crippen LogP contribution >= 0.6 is 24.0 Å². The number of aliphatic hydroxyl groups is 1. The van der Waals surface area contributed by atoms with E-state index >= 15 is 0 Å². The maximum Gasteiger partial charge on any atom is 0.191 e. The highest BCUT2D eigenvalue weighted by Crippen LogP contribution is 2.19. The first-order valence-corrected chi connectivity index (χ1v) is 9.40. The van der Waals surface area contributed by atoms with Crippen molar-refractivity contribution in [1.82, 2.24) is 25.4 Å². The number of hydrogen-bond acceptors (Lipinski definition) is 5. The van der Waals surface area contributed by atoms with Gasteiger partial charge in [-0.2, -0.15) is 5.10 Å². The maximum absolute atomic E-state index is 10.6. The van der Waals surface area contributed by atoms with Crippen LogP contribution < -0.4 is 16.0 Å². The van der Waals surface area contributed by atoms with Crippen molar-refractivity contribution >= 4 is 35.8 Å². The summed E-state index contributed by atoms with van der Waals surface area (Å²) in [5.74, 6) is 1.61. The van der Waals surface area contributed by atoms with Crippen molar-refractivity contribution in [1.29, 1.82) is 0 Å². The van der Waals surface area contributed by atoms with Gasteiger partial charge in [0.05, 0.1) is 12.7 Å². The van der Waals surface area contributed by atoms with Gasteiger partial charge >= 0.3 is 0 Å². The van der Waals surface area contributed by atoms with Crippen LogP contribution in [-0.4, -0.2) is 52.0 Å². The predicted molar refractivity (Wildman–Crippen MR) is 124 cm³/mol. The Morgan fingerprint density at radius 2 is 2.04 bits per heavy atom. The Hall–Kier alpha value is -1.88. The van der Waals surface area contributed by atoms with Gasteiger partial charge in [-0.15, -0.1) is 24.0 Å². The van der Waals surface area contributed by atoms with Gasteiger partial charge in [0.25, 0.3) is 0 Å². The van der Waals surface area contributed by atoms with Crippen LogP contribution in [-0.2, 0) is 12.6 Å². The molecule has 0 aromatic carbocycles. The minimum Gasteiger partial charge on any atom is -0.383 e. The number of rotatable bonds is 10. The fourth-order valence-electron chi connectivity index (χ4n) is 2.51. The molecule has 0 saturated heterocycles. The van der Waals surface area contributed by atoms with Crippen molar-refractivity contribution < 1.29 is 5.11 Å². The average Bonchev–Trinajstić information content (AvgIpc) is 3.11. The van der Waals surface area contributed by atoms with E-state index in [-0.39, 0.29) is 30.5 Å². The van der Waals surface area contributed by atoms with Gasteiger partial charge in [0.2, 0.25) is 0 Å². The van der Waals surface area contributed by atoms with E-state index in [0.29, 0.717) is 5.96 Å². The minimum absolute atomic E-state index is 0. The molecular formula is C19H32IN7O. The van der Waals surface area contributed by atoms with Gasteiger partial charge in [-0.3, -0.25) is 4.68 Å². The number of nitrogens with zero attached hydrogens (tertiary/aromatic N) is 4. The molecule has 2 aromatic rings. The number of aromatic nitrogens is 3. The normalized spacial score (nSPS) is 13.4.